The quantitative estimate of drug-likeness (QED) is 0.814. The van der Waals surface area contributed by atoms with Gasteiger partial charge in [0, 0.05) is 24.2 Å². The van der Waals surface area contributed by atoms with Crippen molar-refractivity contribution in [3.63, 3.8) is 0 Å². The van der Waals surface area contributed by atoms with Crippen molar-refractivity contribution in [2.24, 2.45) is 0 Å². The first-order valence-corrected chi connectivity index (χ1v) is 6.38. The van der Waals surface area contributed by atoms with Crippen LogP contribution in [0.3, 0.4) is 0 Å². The molecule has 0 N–H and O–H groups in total. The second kappa shape index (κ2) is 4.45. The lowest BCUT2D eigenvalue weighted by atomic mass is 10.2. The minimum atomic E-state index is -1.11. The van der Waals surface area contributed by atoms with Gasteiger partial charge in [-0.1, -0.05) is 36.9 Å². The average Bonchev–Trinajstić information content (AvgIpc) is 2.74. The molecule has 0 fully saturated rings. The van der Waals surface area contributed by atoms with Gasteiger partial charge in [-0.05, 0) is 0 Å². The first-order valence-electron chi connectivity index (χ1n) is 4.82. The molecule has 1 unspecified atom stereocenters. The van der Waals surface area contributed by atoms with E-state index in [1.807, 2.05) is 36.5 Å². The Bertz CT molecular complexity index is 531. The Morgan fingerprint density at radius 2 is 2.06 bits per heavy atom. The maximum Gasteiger partial charge on any atom is 0.203 e. The summed E-state index contributed by atoms with van der Waals surface area (Å²) in [6.45, 7) is 3.67. The van der Waals surface area contributed by atoms with Gasteiger partial charge in [0.25, 0.3) is 0 Å². The first kappa shape index (κ1) is 10.8. The van der Waals surface area contributed by atoms with Gasteiger partial charge in [0.1, 0.15) is 0 Å². The second-order valence-electron chi connectivity index (χ2n) is 3.32. The smallest absolute Gasteiger partial charge is 0.203 e. The molecule has 4 heteroatoms. The Labute approximate surface area is 96.9 Å². The summed E-state index contributed by atoms with van der Waals surface area (Å²) in [4.78, 5) is 4.34. The highest BCUT2D eigenvalue weighted by molar-refractivity contribution is 7.84. The third kappa shape index (κ3) is 1.97. The molecule has 0 aliphatic carbocycles. The SMILES string of the molecule is C=Cn1cc(-c2ccccc2)nc1S(C)=O. The van der Waals surface area contributed by atoms with E-state index in [9.17, 15) is 4.21 Å². The van der Waals surface area contributed by atoms with Crippen molar-refractivity contribution in [1.82, 2.24) is 9.55 Å². The molecule has 0 radical (unpaired) electrons. The van der Waals surface area contributed by atoms with Crippen molar-refractivity contribution in [2.45, 2.75) is 5.16 Å². The Hall–Kier alpha value is -1.68. The lowest BCUT2D eigenvalue weighted by Gasteiger charge is -1.94. The van der Waals surface area contributed by atoms with E-state index in [-0.39, 0.29) is 0 Å². The third-order valence-corrected chi connectivity index (χ3v) is 3.04. The number of hydrogen-bond acceptors (Lipinski definition) is 2. The lowest BCUT2D eigenvalue weighted by molar-refractivity contribution is 0.678. The van der Waals surface area contributed by atoms with Crippen LogP contribution in [0.1, 0.15) is 0 Å². The highest BCUT2D eigenvalue weighted by Crippen LogP contribution is 2.19. The molecule has 2 rings (SSSR count). The average molecular weight is 232 g/mol. The summed E-state index contributed by atoms with van der Waals surface area (Å²) >= 11 is 0. The van der Waals surface area contributed by atoms with E-state index in [4.69, 9.17) is 0 Å². The molecule has 3 nitrogen and oxygen atoms in total. The summed E-state index contributed by atoms with van der Waals surface area (Å²) in [7, 11) is -1.11. The van der Waals surface area contributed by atoms with Crippen molar-refractivity contribution in [2.75, 3.05) is 6.26 Å². The first-order chi connectivity index (χ1) is 7.72. The van der Waals surface area contributed by atoms with Gasteiger partial charge in [-0.15, -0.1) is 0 Å². The predicted molar refractivity (Wildman–Crippen MR) is 66.4 cm³/mol. The number of benzene rings is 1. The molecule has 0 bridgehead atoms. The number of aromatic nitrogens is 2. The molecule has 0 aliphatic heterocycles. The van der Waals surface area contributed by atoms with Crippen molar-refractivity contribution in [3.8, 4) is 11.3 Å². The molecule has 0 saturated carbocycles. The van der Waals surface area contributed by atoms with Gasteiger partial charge in [-0.3, -0.25) is 8.78 Å². The molecular formula is C12H12N2OS. The Kier molecular flexibility index (Phi) is 3.01. The Balaban J connectivity index is 2.52. The molecule has 1 atom stereocenters. The largest absolute Gasteiger partial charge is 0.300 e. The van der Waals surface area contributed by atoms with E-state index in [0.29, 0.717) is 5.16 Å². The normalized spacial score (nSPS) is 12.3. The number of imidazole rings is 1. The standard InChI is InChI=1S/C12H12N2OS/c1-3-14-9-11(13-12(14)16(2)15)10-7-5-4-6-8-10/h3-9H,1H2,2H3. The molecule has 0 aliphatic rings. The van der Waals surface area contributed by atoms with E-state index in [2.05, 4.69) is 11.6 Å². The molecule has 0 amide bonds. The molecule has 0 saturated heterocycles. The minimum absolute atomic E-state index is 0.522. The summed E-state index contributed by atoms with van der Waals surface area (Å²) in [5, 5.41) is 0.522. The molecule has 1 aromatic heterocycles. The van der Waals surface area contributed by atoms with Crippen LogP contribution in [-0.4, -0.2) is 20.0 Å². The van der Waals surface area contributed by atoms with Crippen molar-refractivity contribution < 1.29 is 4.21 Å². The van der Waals surface area contributed by atoms with Gasteiger partial charge < -0.3 is 0 Å². The van der Waals surface area contributed by atoms with Crippen LogP contribution in [0.5, 0.6) is 0 Å². The van der Waals surface area contributed by atoms with Crippen LogP contribution in [0.4, 0.5) is 0 Å². The summed E-state index contributed by atoms with van der Waals surface area (Å²) in [5.41, 5.74) is 1.82. The van der Waals surface area contributed by atoms with Crippen LogP contribution in [-0.2, 0) is 10.8 Å². The highest BCUT2D eigenvalue weighted by Gasteiger charge is 2.10. The second-order valence-corrected chi connectivity index (χ2v) is 4.59. The summed E-state index contributed by atoms with van der Waals surface area (Å²) in [6, 6.07) is 9.79. The lowest BCUT2D eigenvalue weighted by Crippen LogP contribution is -1.96. The molecule has 0 spiro atoms. The Morgan fingerprint density at radius 3 is 2.56 bits per heavy atom. The van der Waals surface area contributed by atoms with E-state index >= 15 is 0 Å². The zero-order valence-corrected chi connectivity index (χ0v) is 9.78. The molecule has 82 valence electrons. The van der Waals surface area contributed by atoms with E-state index in [0.717, 1.165) is 11.3 Å². The highest BCUT2D eigenvalue weighted by atomic mass is 32.2. The fraction of sp³-hybridized carbons (Fsp3) is 0.0833. The summed E-state index contributed by atoms with van der Waals surface area (Å²) in [5.74, 6) is 0. The van der Waals surface area contributed by atoms with Gasteiger partial charge in [0.15, 0.2) is 0 Å². The molecule has 16 heavy (non-hydrogen) atoms. The van der Waals surface area contributed by atoms with Crippen LogP contribution in [0.2, 0.25) is 0 Å². The summed E-state index contributed by atoms with van der Waals surface area (Å²) in [6.07, 6.45) is 5.05. The predicted octanol–water partition coefficient (Wildman–Crippen LogP) is 2.39. The fourth-order valence-corrected chi connectivity index (χ4v) is 2.12. The van der Waals surface area contributed by atoms with E-state index in [1.54, 1.807) is 17.0 Å². The molecular weight excluding hydrogens is 220 g/mol. The van der Waals surface area contributed by atoms with Gasteiger partial charge in [-0.2, -0.15) is 0 Å². The van der Waals surface area contributed by atoms with Crippen LogP contribution >= 0.6 is 0 Å². The molecule has 1 heterocycles. The molecule has 1 aromatic carbocycles. The van der Waals surface area contributed by atoms with Crippen molar-refractivity contribution in [3.05, 3.63) is 43.1 Å². The monoisotopic (exact) mass is 232 g/mol. The van der Waals surface area contributed by atoms with Crippen molar-refractivity contribution in [1.29, 1.82) is 0 Å². The van der Waals surface area contributed by atoms with Crippen LogP contribution < -0.4 is 0 Å². The Morgan fingerprint density at radius 1 is 1.38 bits per heavy atom. The van der Waals surface area contributed by atoms with Crippen LogP contribution in [0, 0.1) is 0 Å². The van der Waals surface area contributed by atoms with Crippen LogP contribution in [0.25, 0.3) is 17.5 Å². The van der Waals surface area contributed by atoms with Gasteiger partial charge >= 0.3 is 0 Å². The topological polar surface area (TPSA) is 34.9 Å². The third-order valence-electron chi connectivity index (χ3n) is 2.22. The van der Waals surface area contributed by atoms with Gasteiger partial charge in [-0.25, -0.2) is 4.98 Å². The van der Waals surface area contributed by atoms with Crippen molar-refractivity contribution >= 4 is 17.0 Å². The zero-order chi connectivity index (χ0) is 11.5. The van der Waals surface area contributed by atoms with Crippen LogP contribution in [0.15, 0.2) is 48.3 Å². The van der Waals surface area contributed by atoms with E-state index in [1.165, 1.54) is 0 Å². The maximum absolute atomic E-state index is 11.4. The van der Waals surface area contributed by atoms with Gasteiger partial charge in [0.2, 0.25) is 5.16 Å². The zero-order valence-electron chi connectivity index (χ0n) is 8.96. The fourth-order valence-electron chi connectivity index (χ4n) is 1.47. The number of hydrogen-bond donors (Lipinski definition) is 0. The van der Waals surface area contributed by atoms with Gasteiger partial charge in [0.05, 0.1) is 16.5 Å². The number of rotatable bonds is 3. The minimum Gasteiger partial charge on any atom is -0.300 e. The summed E-state index contributed by atoms with van der Waals surface area (Å²) < 4.78 is 13.1. The maximum atomic E-state index is 11.4. The van der Waals surface area contributed by atoms with E-state index < -0.39 is 10.8 Å². The molecule has 2 aromatic rings. The number of nitrogens with zero attached hydrogens (tertiary/aromatic N) is 2.